The maximum Gasteiger partial charge on any atom is 0.251 e. The summed E-state index contributed by atoms with van der Waals surface area (Å²) in [7, 11) is -0.903. The van der Waals surface area contributed by atoms with Crippen LogP contribution in [-0.2, 0) is 17.2 Å². The summed E-state index contributed by atoms with van der Waals surface area (Å²) < 4.78 is 10.9. The number of hydrogen-bond acceptors (Lipinski definition) is 3. The molecule has 0 aliphatic rings. The third kappa shape index (κ3) is 5.14. The van der Waals surface area contributed by atoms with Crippen molar-refractivity contribution in [2.45, 2.75) is 19.8 Å². The fraction of sp³-hybridized carbons (Fsp3) is 0.500. The van der Waals surface area contributed by atoms with Crippen molar-refractivity contribution >= 4 is 28.3 Å². The zero-order valence-corrected chi connectivity index (χ0v) is 12.1. The third-order valence-electron chi connectivity index (χ3n) is 2.29. The molecule has 1 heterocycles. The van der Waals surface area contributed by atoms with Crippen LogP contribution < -0.4 is 5.32 Å². The Hall–Kier alpha value is -0.940. The zero-order valence-electron chi connectivity index (χ0n) is 10.5. The van der Waals surface area contributed by atoms with E-state index in [9.17, 15) is 9.00 Å². The summed E-state index contributed by atoms with van der Waals surface area (Å²) in [6.07, 6.45) is 3.35. The number of carbonyl (C=O) groups is 1. The van der Waals surface area contributed by atoms with E-state index in [0.29, 0.717) is 23.0 Å². The van der Waals surface area contributed by atoms with Crippen LogP contribution >= 0.6 is 11.6 Å². The maximum atomic E-state index is 11.8. The van der Waals surface area contributed by atoms with Gasteiger partial charge in [-0.2, -0.15) is 0 Å². The van der Waals surface area contributed by atoms with E-state index in [1.54, 1.807) is 18.4 Å². The van der Waals surface area contributed by atoms with Crippen molar-refractivity contribution in [2.24, 2.45) is 0 Å². The summed E-state index contributed by atoms with van der Waals surface area (Å²) in [4.78, 5) is 16.0. The normalized spacial score (nSPS) is 12.2. The predicted molar refractivity (Wildman–Crippen MR) is 74.5 cm³/mol. The van der Waals surface area contributed by atoms with E-state index in [0.717, 1.165) is 18.5 Å². The Bertz CT molecular complexity index is 452. The van der Waals surface area contributed by atoms with Crippen LogP contribution in [0.15, 0.2) is 12.1 Å². The highest BCUT2D eigenvalue weighted by molar-refractivity contribution is 7.84. The van der Waals surface area contributed by atoms with Crippen LogP contribution in [-0.4, -0.2) is 33.7 Å². The molecule has 1 N–H and O–H groups in total. The van der Waals surface area contributed by atoms with Crippen molar-refractivity contribution in [1.29, 1.82) is 0 Å². The number of halogens is 1. The Balaban J connectivity index is 2.69. The van der Waals surface area contributed by atoms with Crippen LogP contribution in [0.5, 0.6) is 0 Å². The molecule has 1 amide bonds. The standard InChI is InChI=1S/C12H17ClN2O2S/c1-3-4-10-7-9(8-11(13)15-10)12(16)14-5-6-18(2)17/h7-8H,3-6H2,1-2H3,(H,14,16). The molecule has 0 aliphatic carbocycles. The molecule has 0 radical (unpaired) electrons. The summed E-state index contributed by atoms with van der Waals surface area (Å²) in [5.41, 5.74) is 1.31. The Kier molecular flexibility index (Phi) is 6.29. The molecular formula is C12H17ClN2O2S. The van der Waals surface area contributed by atoms with Gasteiger partial charge in [0.2, 0.25) is 0 Å². The average molecular weight is 289 g/mol. The second-order valence-electron chi connectivity index (χ2n) is 3.95. The minimum Gasteiger partial charge on any atom is -0.351 e. The molecule has 0 fully saturated rings. The minimum absolute atomic E-state index is 0.206. The van der Waals surface area contributed by atoms with Crippen molar-refractivity contribution < 1.29 is 9.00 Å². The topological polar surface area (TPSA) is 59.1 Å². The van der Waals surface area contributed by atoms with Crippen molar-refractivity contribution in [3.05, 3.63) is 28.5 Å². The first-order valence-electron chi connectivity index (χ1n) is 5.77. The number of amides is 1. The van der Waals surface area contributed by atoms with Gasteiger partial charge in [-0.05, 0) is 18.6 Å². The summed E-state index contributed by atoms with van der Waals surface area (Å²) in [6, 6.07) is 3.28. The molecule has 6 heteroatoms. The third-order valence-corrected chi connectivity index (χ3v) is 3.26. The van der Waals surface area contributed by atoms with E-state index in [2.05, 4.69) is 10.3 Å². The van der Waals surface area contributed by atoms with E-state index in [-0.39, 0.29) is 5.91 Å². The molecule has 1 aromatic rings. The Labute approximate surface area is 115 Å². The highest BCUT2D eigenvalue weighted by Gasteiger charge is 2.08. The number of aromatic nitrogens is 1. The molecule has 1 aromatic heterocycles. The number of nitrogens with one attached hydrogen (secondary N) is 1. The van der Waals surface area contributed by atoms with Crippen LogP contribution in [0.4, 0.5) is 0 Å². The van der Waals surface area contributed by atoms with E-state index in [4.69, 9.17) is 11.6 Å². The lowest BCUT2D eigenvalue weighted by Gasteiger charge is -2.06. The van der Waals surface area contributed by atoms with Crippen molar-refractivity contribution in [3.63, 3.8) is 0 Å². The predicted octanol–water partition coefficient (Wildman–Crippen LogP) is 1.80. The number of pyridine rings is 1. The molecular weight excluding hydrogens is 272 g/mol. The van der Waals surface area contributed by atoms with Gasteiger partial charge in [0.25, 0.3) is 5.91 Å². The van der Waals surface area contributed by atoms with Gasteiger partial charge in [0.1, 0.15) is 5.15 Å². The lowest BCUT2D eigenvalue weighted by molar-refractivity contribution is 0.0956. The number of hydrogen-bond donors (Lipinski definition) is 1. The fourth-order valence-electron chi connectivity index (χ4n) is 1.48. The number of rotatable bonds is 6. The second-order valence-corrected chi connectivity index (χ2v) is 5.89. The first kappa shape index (κ1) is 15.1. The van der Waals surface area contributed by atoms with Gasteiger partial charge < -0.3 is 5.32 Å². The molecule has 1 unspecified atom stereocenters. The lowest BCUT2D eigenvalue weighted by atomic mass is 10.1. The monoisotopic (exact) mass is 288 g/mol. The average Bonchev–Trinajstić information content (AvgIpc) is 2.28. The van der Waals surface area contributed by atoms with Crippen molar-refractivity contribution in [3.8, 4) is 0 Å². The molecule has 1 rings (SSSR count). The molecule has 0 aromatic carbocycles. The lowest BCUT2D eigenvalue weighted by Crippen LogP contribution is -2.27. The van der Waals surface area contributed by atoms with E-state index >= 15 is 0 Å². The maximum absolute atomic E-state index is 11.8. The SMILES string of the molecule is CCCc1cc(C(=O)NCCS(C)=O)cc(Cl)n1. The molecule has 0 aliphatic heterocycles. The molecule has 0 saturated carbocycles. The van der Waals surface area contributed by atoms with Gasteiger partial charge in [0, 0.05) is 40.6 Å². The van der Waals surface area contributed by atoms with E-state index < -0.39 is 10.8 Å². The summed E-state index contributed by atoms with van der Waals surface area (Å²) in [5, 5.41) is 3.03. The van der Waals surface area contributed by atoms with Crippen LogP contribution in [0.2, 0.25) is 5.15 Å². The molecule has 4 nitrogen and oxygen atoms in total. The molecule has 100 valence electrons. The van der Waals surface area contributed by atoms with Crippen molar-refractivity contribution in [2.75, 3.05) is 18.6 Å². The number of carbonyl (C=O) groups excluding carboxylic acids is 1. The highest BCUT2D eigenvalue weighted by atomic mass is 35.5. The fourth-order valence-corrected chi connectivity index (χ4v) is 2.09. The quantitative estimate of drug-likeness (QED) is 0.812. The smallest absolute Gasteiger partial charge is 0.251 e. The van der Waals surface area contributed by atoms with Gasteiger partial charge in [-0.3, -0.25) is 9.00 Å². The Morgan fingerprint density at radius 2 is 2.22 bits per heavy atom. The van der Waals surface area contributed by atoms with Crippen LogP contribution in [0.1, 0.15) is 29.4 Å². The van der Waals surface area contributed by atoms with Crippen molar-refractivity contribution in [1.82, 2.24) is 10.3 Å². The van der Waals surface area contributed by atoms with E-state index in [1.165, 1.54) is 0 Å². The number of aryl methyl sites for hydroxylation is 1. The van der Waals surface area contributed by atoms with Gasteiger partial charge in [0.15, 0.2) is 0 Å². The molecule has 0 bridgehead atoms. The summed E-state index contributed by atoms with van der Waals surface area (Å²) >= 11 is 5.87. The van der Waals surface area contributed by atoms with Gasteiger partial charge in [-0.25, -0.2) is 4.98 Å². The van der Waals surface area contributed by atoms with Crippen LogP contribution in [0.3, 0.4) is 0 Å². The minimum atomic E-state index is -0.903. The van der Waals surface area contributed by atoms with E-state index in [1.807, 2.05) is 6.92 Å². The van der Waals surface area contributed by atoms with Crippen LogP contribution in [0.25, 0.3) is 0 Å². The number of nitrogens with zero attached hydrogens (tertiary/aromatic N) is 1. The first-order valence-corrected chi connectivity index (χ1v) is 7.88. The molecule has 0 spiro atoms. The van der Waals surface area contributed by atoms with Gasteiger partial charge in [-0.15, -0.1) is 0 Å². The Morgan fingerprint density at radius 3 is 2.83 bits per heavy atom. The van der Waals surface area contributed by atoms with Gasteiger partial charge in [-0.1, -0.05) is 24.9 Å². The van der Waals surface area contributed by atoms with Crippen LogP contribution in [0, 0.1) is 0 Å². The molecule has 18 heavy (non-hydrogen) atoms. The molecule has 1 atom stereocenters. The summed E-state index contributed by atoms with van der Waals surface area (Å²) in [5.74, 6) is 0.244. The van der Waals surface area contributed by atoms with Gasteiger partial charge >= 0.3 is 0 Å². The largest absolute Gasteiger partial charge is 0.351 e. The Morgan fingerprint density at radius 1 is 1.50 bits per heavy atom. The first-order chi connectivity index (χ1) is 8.52. The highest BCUT2D eigenvalue weighted by Crippen LogP contribution is 2.12. The second kappa shape index (κ2) is 7.48. The van der Waals surface area contributed by atoms with Gasteiger partial charge in [0.05, 0.1) is 0 Å². The molecule has 0 saturated heterocycles. The summed E-state index contributed by atoms with van der Waals surface area (Å²) in [6.45, 7) is 2.43. The zero-order chi connectivity index (χ0) is 13.5.